The Balaban J connectivity index is 0.000000246. The van der Waals surface area contributed by atoms with Crippen LogP contribution in [0.5, 0.6) is 0 Å². The first-order valence-electron chi connectivity index (χ1n) is 16.1. The van der Waals surface area contributed by atoms with Crippen LogP contribution in [0.25, 0.3) is 43.8 Å². The van der Waals surface area contributed by atoms with Gasteiger partial charge in [-0.25, -0.2) is 0 Å². The molecule has 2 radical (unpaired) electrons. The molecule has 0 bridgehead atoms. The first kappa shape index (κ1) is 41.2. The van der Waals surface area contributed by atoms with Gasteiger partial charge in [0.15, 0.2) is 0 Å². The van der Waals surface area contributed by atoms with E-state index in [0.29, 0.717) is 11.1 Å². The standard InChI is InChI=1S/2C20H18F3.C2H6Si.Zr/c2*1-19(2,3)14-11-13-7-6-9-15(17(13)12-14)16-8-4-5-10-18(16)20(21,22)23;1-3-2;/h2*4-12H,1-3H3;1-2H3;/q2*-1;;+2. The topological polar surface area (TPSA) is 0 Å². The molecule has 6 aromatic carbocycles. The number of hydrogen-bond donors (Lipinski definition) is 0. The molecule has 0 aliphatic heterocycles. The third-order valence-corrected chi connectivity index (χ3v) is 8.28. The van der Waals surface area contributed by atoms with Gasteiger partial charge in [0.1, 0.15) is 0 Å². The van der Waals surface area contributed by atoms with Crippen LogP contribution in [0.2, 0.25) is 13.1 Å². The minimum Gasteiger partial charge on any atom is -0.166 e. The Morgan fingerprint density at radius 3 is 1.06 bits per heavy atom. The Morgan fingerprint density at radius 1 is 0.460 bits per heavy atom. The Morgan fingerprint density at radius 2 is 0.760 bits per heavy atom. The van der Waals surface area contributed by atoms with E-state index in [0.717, 1.165) is 54.3 Å². The van der Waals surface area contributed by atoms with Gasteiger partial charge in [0.2, 0.25) is 0 Å². The molecule has 50 heavy (non-hydrogen) atoms. The third kappa shape index (κ3) is 9.55. The van der Waals surface area contributed by atoms with Crippen molar-refractivity contribution in [3.05, 3.63) is 131 Å². The first-order chi connectivity index (χ1) is 22.8. The van der Waals surface area contributed by atoms with Crippen molar-refractivity contribution in [2.75, 3.05) is 0 Å². The van der Waals surface area contributed by atoms with Crippen LogP contribution in [0.4, 0.5) is 26.3 Å². The van der Waals surface area contributed by atoms with Crippen molar-refractivity contribution >= 4 is 31.1 Å². The molecular weight excluding hydrogens is 738 g/mol. The Hall–Kier alpha value is -3.22. The fourth-order valence-corrected chi connectivity index (χ4v) is 5.74. The molecule has 0 aliphatic carbocycles. The zero-order valence-electron chi connectivity index (χ0n) is 29.7. The SMILES string of the molecule is CC(C)(C)c1cc2c(-c3ccccc3C(F)(F)F)cccc2[cH-]1.CC(C)(C)c1cc2c(-c3ccccc3C(F)(F)F)cccc2[cH-]1.C[Si]C.[Zr+2]. The summed E-state index contributed by atoms with van der Waals surface area (Å²) < 4.78 is 80.0. The van der Waals surface area contributed by atoms with Crippen LogP contribution < -0.4 is 0 Å². The van der Waals surface area contributed by atoms with E-state index in [1.165, 1.54) is 12.1 Å². The van der Waals surface area contributed by atoms with Crippen LogP contribution in [0.3, 0.4) is 0 Å². The molecule has 0 atom stereocenters. The van der Waals surface area contributed by atoms with Crippen molar-refractivity contribution in [2.24, 2.45) is 0 Å². The minimum absolute atomic E-state index is 0. The molecule has 0 spiro atoms. The summed E-state index contributed by atoms with van der Waals surface area (Å²) in [7, 11) is 1.08. The normalized spacial score (nSPS) is 12.1. The number of hydrogen-bond acceptors (Lipinski definition) is 0. The van der Waals surface area contributed by atoms with Crippen LogP contribution in [0.15, 0.2) is 109 Å². The van der Waals surface area contributed by atoms with E-state index in [9.17, 15) is 26.3 Å². The fourth-order valence-electron chi connectivity index (χ4n) is 5.74. The zero-order chi connectivity index (χ0) is 36.4. The van der Waals surface area contributed by atoms with Gasteiger partial charge in [0, 0.05) is 9.52 Å². The second kappa shape index (κ2) is 16.0. The maximum absolute atomic E-state index is 13.3. The summed E-state index contributed by atoms with van der Waals surface area (Å²) in [6.45, 7) is 16.9. The van der Waals surface area contributed by atoms with Gasteiger partial charge in [0.25, 0.3) is 0 Å². The molecule has 0 saturated heterocycles. The van der Waals surface area contributed by atoms with Crippen molar-refractivity contribution in [3.63, 3.8) is 0 Å². The van der Waals surface area contributed by atoms with Crippen LogP contribution in [0, 0.1) is 0 Å². The molecule has 0 aromatic heterocycles. The quantitative estimate of drug-likeness (QED) is 0.0933. The smallest absolute Gasteiger partial charge is 0.166 e. The van der Waals surface area contributed by atoms with E-state index in [2.05, 4.69) is 66.8 Å². The number of fused-ring (bicyclic) bond motifs is 2. The molecule has 0 unspecified atom stereocenters. The molecule has 0 nitrogen and oxygen atoms in total. The Labute approximate surface area is 313 Å². The van der Waals surface area contributed by atoms with Crippen molar-refractivity contribution in [1.82, 2.24) is 0 Å². The molecule has 0 fully saturated rings. The first-order valence-corrected chi connectivity index (χ1v) is 18.1. The van der Waals surface area contributed by atoms with Gasteiger partial charge < -0.3 is 0 Å². The molecule has 0 aliphatic rings. The van der Waals surface area contributed by atoms with Gasteiger partial charge >= 0.3 is 38.6 Å². The molecule has 6 rings (SSSR count). The van der Waals surface area contributed by atoms with Crippen molar-refractivity contribution in [1.29, 1.82) is 0 Å². The molecule has 0 heterocycles. The number of benzene rings is 4. The summed E-state index contributed by atoms with van der Waals surface area (Å²) in [5.74, 6) is 0. The summed E-state index contributed by atoms with van der Waals surface area (Å²) in [6.07, 6.45) is -8.73. The van der Waals surface area contributed by atoms with Gasteiger partial charge in [-0.2, -0.15) is 38.5 Å². The summed E-state index contributed by atoms with van der Waals surface area (Å²) in [4.78, 5) is 0. The Bertz CT molecular complexity index is 1870. The average molecular weight is 780 g/mol. The fraction of sp³-hybridized carbons (Fsp3) is 0.286. The largest absolute Gasteiger partial charge is 2.00 e. The van der Waals surface area contributed by atoms with Crippen molar-refractivity contribution < 1.29 is 52.5 Å². The van der Waals surface area contributed by atoms with Gasteiger partial charge in [-0.15, -0.1) is 69.1 Å². The van der Waals surface area contributed by atoms with E-state index < -0.39 is 23.5 Å². The molecule has 6 aromatic rings. The maximum Gasteiger partial charge on any atom is 2.00 e. The number of halogens is 6. The number of alkyl halides is 6. The van der Waals surface area contributed by atoms with Gasteiger partial charge in [-0.05, 0) is 34.1 Å². The van der Waals surface area contributed by atoms with Crippen molar-refractivity contribution in [2.45, 2.75) is 77.8 Å². The average Bonchev–Trinajstić information content (AvgIpc) is 3.66. The van der Waals surface area contributed by atoms with E-state index in [-0.39, 0.29) is 48.2 Å². The molecule has 0 saturated carbocycles. The molecule has 8 heteroatoms. The monoisotopic (exact) mass is 778 g/mol. The summed E-state index contributed by atoms with van der Waals surface area (Å²) in [6, 6.07) is 30.7. The second-order valence-corrected chi connectivity index (χ2v) is 15.2. The Kier molecular flexibility index (Phi) is 13.2. The molecule has 0 N–H and O–H groups in total. The predicted molar refractivity (Wildman–Crippen MR) is 195 cm³/mol. The second-order valence-electron chi connectivity index (χ2n) is 14.2. The van der Waals surface area contributed by atoms with Gasteiger partial charge in [-0.3, -0.25) is 0 Å². The summed E-state index contributed by atoms with van der Waals surface area (Å²) in [5, 5.41) is 3.69. The van der Waals surface area contributed by atoms with Gasteiger partial charge in [-0.1, -0.05) is 114 Å². The van der Waals surface area contributed by atoms with Crippen LogP contribution in [0.1, 0.15) is 63.8 Å². The van der Waals surface area contributed by atoms with E-state index in [1.54, 1.807) is 36.4 Å². The zero-order valence-corrected chi connectivity index (χ0v) is 33.1. The third-order valence-electron chi connectivity index (χ3n) is 8.28. The van der Waals surface area contributed by atoms with E-state index in [4.69, 9.17) is 0 Å². The summed E-state index contributed by atoms with van der Waals surface area (Å²) in [5.41, 5.74) is 2.72. The van der Waals surface area contributed by atoms with Crippen LogP contribution >= 0.6 is 0 Å². The molecule has 0 amide bonds. The van der Waals surface area contributed by atoms with Gasteiger partial charge in [0.05, 0.1) is 11.1 Å². The molecular formula is C42H42F6SiZr. The maximum atomic E-state index is 13.3. The minimum atomic E-state index is -4.36. The van der Waals surface area contributed by atoms with E-state index >= 15 is 0 Å². The van der Waals surface area contributed by atoms with Crippen molar-refractivity contribution in [3.8, 4) is 22.3 Å². The summed E-state index contributed by atoms with van der Waals surface area (Å²) >= 11 is 0. The molecule has 260 valence electrons. The van der Waals surface area contributed by atoms with E-state index in [1.807, 2.05) is 36.4 Å². The van der Waals surface area contributed by atoms with Crippen LogP contribution in [-0.2, 0) is 49.4 Å². The predicted octanol–water partition coefficient (Wildman–Crippen LogP) is 13.9. The van der Waals surface area contributed by atoms with Crippen LogP contribution in [-0.4, -0.2) is 9.52 Å². The number of rotatable bonds is 2.